The van der Waals surface area contributed by atoms with Gasteiger partial charge in [0.15, 0.2) is 0 Å². The summed E-state index contributed by atoms with van der Waals surface area (Å²) in [5.41, 5.74) is -1.76. The maximum absolute atomic E-state index is 12.4. The number of carboxylic acids is 1. The van der Waals surface area contributed by atoms with E-state index in [0.717, 1.165) is 6.92 Å². The Balaban J connectivity index is 3.14. The topological polar surface area (TPSA) is 74.7 Å². The first kappa shape index (κ1) is 13.3. The van der Waals surface area contributed by atoms with Crippen LogP contribution in [0.25, 0.3) is 0 Å². The summed E-state index contributed by atoms with van der Waals surface area (Å²) in [5, 5.41) is 8.96. The molecule has 5 nitrogen and oxygen atoms in total. The molecule has 1 heterocycles. The number of rotatable bonds is 3. The first-order valence-electron chi connectivity index (χ1n) is 4.76. The average molecular weight is 257 g/mol. The maximum atomic E-state index is 12.4. The molecule has 1 saturated heterocycles. The van der Waals surface area contributed by atoms with Crippen LogP contribution in [0.4, 0.5) is 8.78 Å². The largest absolute Gasteiger partial charge is 0.480 e. The Morgan fingerprint density at radius 2 is 2.00 bits per heavy atom. The number of nitrogens with zero attached hydrogens (tertiary/aromatic N) is 1. The summed E-state index contributed by atoms with van der Waals surface area (Å²) >= 11 is 0. The zero-order valence-corrected chi connectivity index (χ0v) is 9.51. The molecule has 0 radical (unpaired) electrons. The van der Waals surface area contributed by atoms with Gasteiger partial charge in [0.25, 0.3) is 10.0 Å². The number of sulfonamides is 1. The number of hydrogen-bond donors (Lipinski definition) is 1. The van der Waals surface area contributed by atoms with Gasteiger partial charge in [-0.15, -0.1) is 0 Å². The van der Waals surface area contributed by atoms with Crippen molar-refractivity contribution in [1.29, 1.82) is 0 Å². The summed E-state index contributed by atoms with van der Waals surface area (Å²) < 4.78 is 47.8. The lowest BCUT2D eigenvalue weighted by molar-refractivity contribution is -0.149. The highest BCUT2D eigenvalue weighted by atomic mass is 32.2. The maximum Gasteiger partial charge on any atom is 0.350 e. The van der Waals surface area contributed by atoms with Gasteiger partial charge >= 0.3 is 11.7 Å². The molecule has 1 rings (SSSR count). The highest BCUT2D eigenvalue weighted by molar-refractivity contribution is 7.89. The van der Waals surface area contributed by atoms with Crippen LogP contribution in [0.2, 0.25) is 0 Å². The van der Waals surface area contributed by atoms with Gasteiger partial charge in [-0.1, -0.05) is 0 Å². The smallest absolute Gasteiger partial charge is 0.350 e. The van der Waals surface area contributed by atoms with Gasteiger partial charge in [0.05, 0.1) is 0 Å². The van der Waals surface area contributed by atoms with Gasteiger partial charge in [0, 0.05) is 6.54 Å². The van der Waals surface area contributed by atoms with Gasteiger partial charge in [0.1, 0.15) is 5.54 Å². The number of piperidine rings is 1. The van der Waals surface area contributed by atoms with Crippen molar-refractivity contribution in [1.82, 2.24) is 4.31 Å². The first-order valence-corrected chi connectivity index (χ1v) is 6.26. The second kappa shape index (κ2) is 4.25. The molecule has 1 N–H and O–H groups in total. The Kier molecular flexibility index (Phi) is 3.53. The third kappa shape index (κ3) is 2.03. The summed E-state index contributed by atoms with van der Waals surface area (Å²) in [5.74, 6) is -4.97. The van der Waals surface area contributed by atoms with Gasteiger partial charge in [0.2, 0.25) is 0 Å². The van der Waals surface area contributed by atoms with Crippen molar-refractivity contribution < 1.29 is 27.1 Å². The fraction of sp³-hybridized carbons (Fsp3) is 0.875. The van der Waals surface area contributed by atoms with Crippen LogP contribution in [0.5, 0.6) is 0 Å². The fourth-order valence-electron chi connectivity index (χ4n) is 1.81. The number of aliphatic carboxylic acids is 1. The molecule has 1 aliphatic heterocycles. The van der Waals surface area contributed by atoms with E-state index in [4.69, 9.17) is 5.11 Å². The van der Waals surface area contributed by atoms with Crippen LogP contribution in [-0.4, -0.2) is 41.6 Å². The summed E-state index contributed by atoms with van der Waals surface area (Å²) in [6.45, 7) is 0.990. The van der Waals surface area contributed by atoms with Crippen molar-refractivity contribution in [3.8, 4) is 0 Å². The molecule has 0 spiro atoms. The Hall–Kier alpha value is -0.760. The summed E-state index contributed by atoms with van der Waals surface area (Å²) in [6, 6.07) is 0. The lowest BCUT2D eigenvalue weighted by Gasteiger charge is -2.39. The summed E-state index contributed by atoms with van der Waals surface area (Å²) in [6.07, 6.45) is 0.959. The Bertz CT molecular complexity index is 383. The predicted octanol–water partition coefficient (Wildman–Crippen LogP) is 0.868. The number of alkyl halides is 2. The van der Waals surface area contributed by atoms with E-state index in [0.29, 0.717) is 17.1 Å². The third-order valence-electron chi connectivity index (χ3n) is 2.82. The van der Waals surface area contributed by atoms with Crippen molar-refractivity contribution in [2.45, 2.75) is 37.5 Å². The van der Waals surface area contributed by atoms with Crippen LogP contribution in [0.15, 0.2) is 0 Å². The molecule has 8 heteroatoms. The highest BCUT2D eigenvalue weighted by Crippen LogP contribution is 2.32. The molecule has 0 aromatic rings. The van der Waals surface area contributed by atoms with Gasteiger partial charge in [-0.05, 0) is 26.2 Å². The van der Waals surface area contributed by atoms with Crippen molar-refractivity contribution in [2.75, 3.05) is 6.54 Å². The molecular formula is C8H13F2NO4S. The molecule has 0 aliphatic carbocycles. The van der Waals surface area contributed by atoms with Gasteiger partial charge in [-0.2, -0.15) is 13.1 Å². The van der Waals surface area contributed by atoms with E-state index in [1.165, 1.54) is 0 Å². The minimum absolute atomic E-state index is 0.0499. The van der Waals surface area contributed by atoms with Crippen LogP contribution in [0.3, 0.4) is 0 Å². The number of carboxylic acid groups (broad SMARTS) is 1. The van der Waals surface area contributed by atoms with Crippen molar-refractivity contribution in [2.24, 2.45) is 0 Å². The molecule has 0 aromatic carbocycles. The fourth-order valence-corrected chi connectivity index (χ4v) is 3.12. The molecule has 94 valence electrons. The monoisotopic (exact) mass is 257 g/mol. The average Bonchev–Trinajstić information content (AvgIpc) is 2.17. The van der Waals surface area contributed by atoms with Crippen LogP contribution in [0, 0.1) is 0 Å². The van der Waals surface area contributed by atoms with Crippen LogP contribution < -0.4 is 0 Å². The van der Waals surface area contributed by atoms with Crippen LogP contribution in [0.1, 0.15) is 26.2 Å². The molecule has 0 amide bonds. The lowest BCUT2D eigenvalue weighted by atomic mass is 9.91. The minimum atomic E-state index is -4.83. The van der Waals surface area contributed by atoms with E-state index in [9.17, 15) is 22.0 Å². The molecule has 16 heavy (non-hydrogen) atoms. The Morgan fingerprint density at radius 1 is 1.44 bits per heavy atom. The van der Waals surface area contributed by atoms with E-state index in [2.05, 4.69) is 0 Å². The first-order chi connectivity index (χ1) is 7.23. The van der Waals surface area contributed by atoms with Crippen molar-refractivity contribution >= 4 is 16.0 Å². The van der Waals surface area contributed by atoms with Crippen molar-refractivity contribution in [3.05, 3.63) is 0 Å². The number of halogens is 2. The second-order valence-corrected chi connectivity index (χ2v) is 5.74. The molecule has 0 aromatic heterocycles. The molecular weight excluding hydrogens is 244 g/mol. The zero-order valence-electron chi connectivity index (χ0n) is 8.69. The quantitative estimate of drug-likeness (QED) is 0.814. The van der Waals surface area contributed by atoms with Crippen LogP contribution in [-0.2, 0) is 14.8 Å². The Morgan fingerprint density at radius 3 is 2.44 bits per heavy atom. The number of hydrogen-bond acceptors (Lipinski definition) is 3. The Labute approximate surface area is 92.1 Å². The highest BCUT2D eigenvalue weighted by Gasteiger charge is 2.50. The van der Waals surface area contributed by atoms with E-state index in [-0.39, 0.29) is 13.0 Å². The predicted molar refractivity (Wildman–Crippen MR) is 51.5 cm³/mol. The van der Waals surface area contributed by atoms with E-state index in [1.807, 2.05) is 0 Å². The van der Waals surface area contributed by atoms with E-state index in [1.54, 1.807) is 0 Å². The third-order valence-corrected chi connectivity index (χ3v) is 4.47. The van der Waals surface area contributed by atoms with E-state index < -0.39 is 27.3 Å². The molecule has 1 fully saturated rings. The molecule has 0 saturated carbocycles. The number of carbonyl (C=O) groups is 1. The molecule has 1 unspecified atom stereocenters. The summed E-state index contributed by atoms with van der Waals surface area (Å²) in [7, 11) is -4.83. The van der Waals surface area contributed by atoms with Crippen molar-refractivity contribution in [3.63, 3.8) is 0 Å². The van der Waals surface area contributed by atoms with Crippen LogP contribution >= 0.6 is 0 Å². The van der Waals surface area contributed by atoms with Gasteiger partial charge in [-0.25, -0.2) is 8.42 Å². The minimum Gasteiger partial charge on any atom is -0.480 e. The lowest BCUT2D eigenvalue weighted by Crippen LogP contribution is -2.58. The van der Waals surface area contributed by atoms with Gasteiger partial charge in [-0.3, -0.25) is 4.79 Å². The SMILES string of the molecule is CC1(C(=O)O)CCCCN1S(=O)(=O)C(F)F. The normalized spacial score (nSPS) is 28.2. The van der Waals surface area contributed by atoms with Gasteiger partial charge < -0.3 is 5.11 Å². The second-order valence-electron chi connectivity index (χ2n) is 3.91. The molecule has 1 atom stereocenters. The molecule has 0 bridgehead atoms. The van der Waals surface area contributed by atoms with E-state index >= 15 is 0 Å². The summed E-state index contributed by atoms with van der Waals surface area (Å²) in [4.78, 5) is 11.0. The standard InChI is InChI=1S/C8H13F2NO4S/c1-8(6(12)13)4-2-3-5-11(8)16(14,15)7(9)10/h7H,2-5H2,1H3,(H,12,13). The zero-order chi connectivity index (χ0) is 12.6. The molecule has 1 aliphatic rings.